The van der Waals surface area contributed by atoms with Gasteiger partial charge in [0, 0.05) is 18.6 Å². The summed E-state index contributed by atoms with van der Waals surface area (Å²) in [5.74, 6) is 1.03. The van der Waals surface area contributed by atoms with E-state index in [1.165, 1.54) is 0 Å². The Kier molecular flexibility index (Phi) is 5.35. The molecule has 2 aromatic rings. The molecule has 0 bridgehead atoms. The molecule has 1 unspecified atom stereocenters. The fourth-order valence-corrected chi connectivity index (χ4v) is 4.03. The number of rotatable bonds is 5. The SMILES string of the molecule is CC1(C)[C@@H](c2ncn(C3CCCCO3)n2)C[C@H]1NC(=O)OCc1ccccc1. The normalized spacial score (nSPS) is 26.3. The van der Waals surface area contributed by atoms with Gasteiger partial charge in [0.1, 0.15) is 12.9 Å². The van der Waals surface area contributed by atoms with Crippen molar-refractivity contribution in [1.29, 1.82) is 0 Å². The fraction of sp³-hybridized carbons (Fsp3) is 0.571. The van der Waals surface area contributed by atoms with Crippen LogP contribution < -0.4 is 5.32 Å². The molecule has 2 fully saturated rings. The summed E-state index contributed by atoms with van der Waals surface area (Å²) in [6.07, 6.45) is 5.45. The Morgan fingerprint density at radius 3 is 2.86 bits per heavy atom. The third-order valence-electron chi connectivity index (χ3n) is 6.06. The molecule has 28 heavy (non-hydrogen) atoms. The highest BCUT2D eigenvalue weighted by Gasteiger charge is 2.51. The molecule has 1 aromatic carbocycles. The number of benzene rings is 1. The summed E-state index contributed by atoms with van der Waals surface area (Å²) >= 11 is 0. The molecule has 1 aliphatic carbocycles. The molecule has 1 saturated heterocycles. The fourth-order valence-electron chi connectivity index (χ4n) is 4.03. The van der Waals surface area contributed by atoms with Crippen molar-refractivity contribution < 1.29 is 14.3 Å². The molecule has 0 spiro atoms. The van der Waals surface area contributed by atoms with E-state index in [1.54, 1.807) is 6.33 Å². The summed E-state index contributed by atoms with van der Waals surface area (Å²) in [7, 11) is 0. The van der Waals surface area contributed by atoms with E-state index >= 15 is 0 Å². The molecule has 150 valence electrons. The van der Waals surface area contributed by atoms with Crippen molar-refractivity contribution in [2.24, 2.45) is 5.41 Å². The molecule has 7 heteroatoms. The lowest BCUT2D eigenvalue weighted by atomic mass is 9.58. The highest BCUT2D eigenvalue weighted by molar-refractivity contribution is 5.68. The Morgan fingerprint density at radius 2 is 2.14 bits per heavy atom. The lowest BCUT2D eigenvalue weighted by Gasteiger charge is -2.50. The summed E-state index contributed by atoms with van der Waals surface area (Å²) in [6, 6.07) is 9.72. The zero-order valence-electron chi connectivity index (χ0n) is 16.5. The number of amides is 1. The minimum atomic E-state index is -0.380. The van der Waals surface area contributed by atoms with Gasteiger partial charge in [0.05, 0.1) is 0 Å². The number of carbonyl (C=O) groups is 1. The van der Waals surface area contributed by atoms with Crippen LogP contribution in [0.4, 0.5) is 4.79 Å². The average molecular weight is 384 g/mol. The van der Waals surface area contributed by atoms with E-state index < -0.39 is 0 Å². The second-order valence-electron chi connectivity index (χ2n) is 8.27. The average Bonchev–Trinajstić information content (AvgIpc) is 3.20. The second kappa shape index (κ2) is 7.91. The van der Waals surface area contributed by atoms with Crippen LogP contribution in [0.2, 0.25) is 0 Å². The number of nitrogens with zero attached hydrogens (tertiary/aromatic N) is 3. The molecular weight excluding hydrogens is 356 g/mol. The summed E-state index contributed by atoms with van der Waals surface area (Å²) in [5, 5.41) is 7.68. The van der Waals surface area contributed by atoms with Crippen molar-refractivity contribution in [2.75, 3.05) is 6.61 Å². The van der Waals surface area contributed by atoms with Gasteiger partial charge in [-0.25, -0.2) is 14.5 Å². The van der Waals surface area contributed by atoms with Crippen LogP contribution in [0.15, 0.2) is 36.7 Å². The Bertz CT molecular complexity index is 799. The quantitative estimate of drug-likeness (QED) is 0.849. The van der Waals surface area contributed by atoms with Gasteiger partial charge < -0.3 is 14.8 Å². The van der Waals surface area contributed by atoms with Crippen molar-refractivity contribution in [3.63, 3.8) is 0 Å². The number of alkyl carbamates (subject to hydrolysis) is 1. The van der Waals surface area contributed by atoms with E-state index in [1.807, 2.05) is 35.0 Å². The first kappa shape index (κ1) is 18.9. The largest absolute Gasteiger partial charge is 0.445 e. The van der Waals surface area contributed by atoms with Gasteiger partial charge >= 0.3 is 6.09 Å². The maximum atomic E-state index is 12.2. The van der Waals surface area contributed by atoms with Gasteiger partial charge in [0.25, 0.3) is 0 Å². The first-order chi connectivity index (χ1) is 13.5. The smallest absolute Gasteiger partial charge is 0.407 e. The summed E-state index contributed by atoms with van der Waals surface area (Å²) in [4.78, 5) is 16.7. The number of hydrogen-bond donors (Lipinski definition) is 1. The molecule has 7 nitrogen and oxygen atoms in total. The Hall–Kier alpha value is -2.41. The van der Waals surface area contributed by atoms with Gasteiger partial charge in [0.2, 0.25) is 0 Å². The monoisotopic (exact) mass is 384 g/mol. The van der Waals surface area contributed by atoms with Gasteiger partial charge in [-0.15, -0.1) is 0 Å². The standard InChI is InChI=1S/C21H28N4O3/c1-21(2)16(19-22-14-25(24-19)18-10-6-7-11-27-18)12-17(21)23-20(26)28-13-15-8-4-3-5-9-15/h3-5,8-9,14,16-18H,6-7,10-13H2,1-2H3,(H,23,26)/t16-,17-,18?/m1/s1. The van der Waals surface area contributed by atoms with Gasteiger partial charge in [-0.3, -0.25) is 0 Å². The predicted molar refractivity (Wildman–Crippen MR) is 104 cm³/mol. The third-order valence-corrected chi connectivity index (χ3v) is 6.06. The van der Waals surface area contributed by atoms with Crippen LogP contribution in [0.5, 0.6) is 0 Å². The number of ether oxygens (including phenoxy) is 2. The molecule has 1 N–H and O–H groups in total. The van der Waals surface area contributed by atoms with Gasteiger partial charge in [-0.1, -0.05) is 44.2 Å². The van der Waals surface area contributed by atoms with Crippen LogP contribution in [0.1, 0.15) is 63.1 Å². The Labute approximate surface area is 165 Å². The minimum Gasteiger partial charge on any atom is -0.445 e. The highest BCUT2D eigenvalue weighted by Crippen LogP contribution is 2.51. The van der Waals surface area contributed by atoms with Gasteiger partial charge in [0.15, 0.2) is 12.1 Å². The van der Waals surface area contributed by atoms with Crippen molar-refractivity contribution >= 4 is 6.09 Å². The number of carbonyl (C=O) groups excluding carboxylic acids is 1. The molecular formula is C21H28N4O3. The molecule has 3 atom stereocenters. The Balaban J connectivity index is 1.30. The molecule has 2 heterocycles. The zero-order valence-corrected chi connectivity index (χ0v) is 16.5. The molecule has 4 rings (SSSR count). The molecule has 0 radical (unpaired) electrons. The molecule has 2 aliphatic rings. The summed E-state index contributed by atoms with van der Waals surface area (Å²) in [5.41, 5.74) is 0.842. The van der Waals surface area contributed by atoms with Crippen molar-refractivity contribution in [1.82, 2.24) is 20.1 Å². The molecule has 1 aromatic heterocycles. The van der Waals surface area contributed by atoms with Crippen LogP contribution in [-0.2, 0) is 16.1 Å². The van der Waals surface area contributed by atoms with E-state index in [4.69, 9.17) is 9.47 Å². The van der Waals surface area contributed by atoms with E-state index in [-0.39, 0.29) is 36.3 Å². The van der Waals surface area contributed by atoms with E-state index in [0.717, 1.165) is 43.7 Å². The second-order valence-corrected chi connectivity index (χ2v) is 8.27. The summed E-state index contributed by atoms with van der Waals surface area (Å²) in [6.45, 7) is 5.34. The third kappa shape index (κ3) is 3.90. The van der Waals surface area contributed by atoms with Crippen LogP contribution in [-0.4, -0.2) is 33.5 Å². The zero-order chi connectivity index (χ0) is 19.6. The topological polar surface area (TPSA) is 78.3 Å². The van der Waals surface area contributed by atoms with Crippen molar-refractivity contribution in [2.45, 2.75) is 64.3 Å². The molecule has 1 aliphatic heterocycles. The maximum absolute atomic E-state index is 12.2. The van der Waals surface area contributed by atoms with Gasteiger partial charge in [-0.2, -0.15) is 5.10 Å². The molecule has 1 saturated carbocycles. The number of hydrogen-bond acceptors (Lipinski definition) is 5. The van der Waals surface area contributed by atoms with Crippen molar-refractivity contribution in [3.8, 4) is 0 Å². The van der Waals surface area contributed by atoms with E-state index in [2.05, 4.69) is 29.2 Å². The lowest BCUT2D eigenvalue weighted by Crippen LogP contribution is -2.57. The van der Waals surface area contributed by atoms with Crippen LogP contribution in [0.3, 0.4) is 0 Å². The maximum Gasteiger partial charge on any atom is 0.407 e. The van der Waals surface area contributed by atoms with Crippen LogP contribution >= 0.6 is 0 Å². The minimum absolute atomic E-state index is 0.0000695. The van der Waals surface area contributed by atoms with Crippen LogP contribution in [0, 0.1) is 5.41 Å². The van der Waals surface area contributed by atoms with Crippen LogP contribution in [0.25, 0.3) is 0 Å². The highest BCUT2D eigenvalue weighted by atomic mass is 16.5. The van der Waals surface area contributed by atoms with E-state index in [9.17, 15) is 4.79 Å². The molecule has 1 amide bonds. The lowest BCUT2D eigenvalue weighted by molar-refractivity contribution is -0.0404. The van der Waals surface area contributed by atoms with Crippen molar-refractivity contribution in [3.05, 3.63) is 48.0 Å². The summed E-state index contributed by atoms with van der Waals surface area (Å²) < 4.78 is 13.0. The predicted octanol–water partition coefficient (Wildman–Crippen LogP) is 3.79. The first-order valence-corrected chi connectivity index (χ1v) is 10.0. The number of nitrogens with one attached hydrogen (secondary N) is 1. The van der Waals surface area contributed by atoms with Gasteiger partial charge in [-0.05, 0) is 36.7 Å². The first-order valence-electron chi connectivity index (χ1n) is 10.0. The Morgan fingerprint density at radius 1 is 1.32 bits per heavy atom. The van der Waals surface area contributed by atoms with E-state index in [0.29, 0.717) is 0 Å². The number of aromatic nitrogens is 3.